The van der Waals surface area contributed by atoms with Crippen LogP contribution in [0.3, 0.4) is 0 Å². The average molecular weight is 350 g/mol. The Morgan fingerprint density at radius 1 is 1.38 bits per heavy atom. The van der Waals surface area contributed by atoms with Gasteiger partial charge in [0.05, 0.1) is 10.5 Å². The van der Waals surface area contributed by atoms with Crippen molar-refractivity contribution in [2.45, 2.75) is 37.9 Å². The van der Waals surface area contributed by atoms with Gasteiger partial charge < -0.3 is 0 Å². The molecule has 4 nitrogen and oxygen atoms in total. The molecule has 1 saturated heterocycles. The smallest absolute Gasteiger partial charge is 0.214 e. The number of hydrogen-bond acceptors (Lipinski definition) is 4. The van der Waals surface area contributed by atoms with Gasteiger partial charge >= 0.3 is 0 Å². The lowest BCUT2D eigenvalue weighted by molar-refractivity contribution is 0.343. The van der Waals surface area contributed by atoms with Gasteiger partial charge in [0.15, 0.2) is 0 Å². The Morgan fingerprint density at radius 3 is 2.67 bits per heavy atom. The zero-order valence-electron chi connectivity index (χ0n) is 12.6. The van der Waals surface area contributed by atoms with Gasteiger partial charge in [-0.2, -0.15) is 4.31 Å². The zero-order chi connectivity index (χ0) is 15.5. The molecule has 7 heteroatoms. The first-order valence-corrected chi connectivity index (χ1v) is 11.1. The molecule has 0 radical (unpaired) electrons. The molecule has 1 aromatic rings. The minimum atomic E-state index is -3.27. The van der Waals surface area contributed by atoms with E-state index in [0.717, 1.165) is 17.7 Å². The second-order valence-electron chi connectivity index (χ2n) is 5.42. The molecule has 0 aromatic carbocycles. The van der Waals surface area contributed by atoms with Crippen molar-refractivity contribution in [3.05, 3.63) is 22.4 Å². The summed E-state index contributed by atoms with van der Waals surface area (Å²) in [5, 5.41) is 1.96. The van der Waals surface area contributed by atoms with E-state index in [9.17, 15) is 12.6 Å². The maximum atomic E-state index is 12.5. The lowest BCUT2D eigenvalue weighted by Crippen LogP contribution is -2.55. The highest BCUT2D eigenvalue weighted by atomic mass is 32.2. The predicted molar refractivity (Wildman–Crippen MR) is 89.7 cm³/mol. The lowest BCUT2D eigenvalue weighted by Gasteiger charge is -2.40. The van der Waals surface area contributed by atoms with E-state index < -0.39 is 20.8 Å². The number of aryl methyl sites for hydroxylation is 1. The topological polar surface area (TPSA) is 54.5 Å². The van der Waals surface area contributed by atoms with Gasteiger partial charge in [0.25, 0.3) is 0 Å². The van der Waals surface area contributed by atoms with Gasteiger partial charge in [0.2, 0.25) is 10.0 Å². The van der Waals surface area contributed by atoms with Gasteiger partial charge in [-0.1, -0.05) is 19.9 Å². The Balaban J connectivity index is 2.07. The van der Waals surface area contributed by atoms with E-state index in [1.54, 1.807) is 15.6 Å². The van der Waals surface area contributed by atoms with Crippen molar-refractivity contribution in [3.63, 3.8) is 0 Å². The van der Waals surface area contributed by atoms with Gasteiger partial charge in [0, 0.05) is 34.5 Å². The van der Waals surface area contributed by atoms with Crippen molar-refractivity contribution in [1.82, 2.24) is 4.31 Å². The van der Waals surface area contributed by atoms with Crippen molar-refractivity contribution in [1.29, 1.82) is 0 Å². The van der Waals surface area contributed by atoms with Crippen LogP contribution in [0, 0.1) is 0 Å². The van der Waals surface area contributed by atoms with Crippen LogP contribution in [0.1, 0.15) is 31.6 Å². The lowest BCUT2D eigenvalue weighted by atomic mass is 10.0. The molecular formula is C14H23NO3S3. The summed E-state index contributed by atoms with van der Waals surface area (Å²) >= 11 is 1.59. The maximum absolute atomic E-state index is 12.5. The molecule has 1 aliphatic heterocycles. The van der Waals surface area contributed by atoms with Crippen LogP contribution in [0.2, 0.25) is 0 Å². The third-order valence-corrected chi connectivity index (χ3v) is 9.32. The molecule has 0 saturated carbocycles. The fourth-order valence-corrected chi connectivity index (χ4v) is 7.07. The van der Waals surface area contributed by atoms with E-state index in [4.69, 9.17) is 0 Å². The summed E-state index contributed by atoms with van der Waals surface area (Å²) in [7, 11) is -4.20. The first-order chi connectivity index (χ1) is 9.93. The van der Waals surface area contributed by atoms with E-state index in [0.29, 0.717) is 25.3 Å². The number of sulfonamides is 1. The molecule has 1 fully saturated rings. The fourth-order valence-electron chi connectivity index (χ4n) is 2.72. The monoisotopic (exact) mass is 349 g/mol. The molecule has 1 aromatic heterocycles. The van der Waals surface area contributed by atoms with Crippen LogP contribution in [0.4, 0.5) is 0 Å². The molecule has 120 valence electrons. The summed E-state index contributed by atoms with van der Waals surface area (Å²) in [4.78, 5) is 1.09. The highest BCUT2D eigenvalue weighted by molar-refractivity contribution is 7.89. The predicted octanol–water partition coefficient (Wildman–Crippen LogP) is 2.24. The standard InChI is InChI=1S/C14H23NO3S3/c1-3-14(4-2)12-15(8-10-20(14)16)21(17,18)11-7-13-6-5-9-19-13/h5-6,9H,3-4,7-8,10-12H2,1-2H3/t20-/m0/s1. The van der Waals surface area contributed by atoms with Crippen LogP contribution in [-0.4, -0.2) is 46.3 Å². The summed E-state index contributed by atoms with van der Waals surface area (Å²) in [6.07, 6.45) is 2.07. The van der Waals surface area contributed by atoms with Gasteiger partial charge in [-0.25, -0.2) is 8.42 Å². The SMILES string of the molecule is CCC1(CC)CN(S(=O)(=O)CCc2cccs2)CC[S@@]1=O. The minimum Gasteiger partial charge on any atom is -0.259 e. The minimum absolute atomic E-state index is 0.143. The first kappa shape index (κ1) is 17.1. The van der Waals surface area contributed by atoms with E-state index >= 15 is 0 Å². The van der Waals surface area contributed by atoms with Crippen LogP contribution in [0.15, 0.2) is 17.5 Å². The molecule has 2 rings (SSSR count). The van der Waals surface area contributed by atoms with Crippen molar-refractivity contribution in [3.8, 4) is 0 Å². The van der Waals surface area contributed by atoms with Crippen LogP contribution < -0.4 is 0 Å². The maximum Gasteiger partial charge on any atom is 0.214 e. The molecule has 1 atom stereocenters. The molecule has 0 aliphatic carbocycles. The Bertz CT molecular complexity index is 577. The average Bonchev–Trinajstić information content (AvgIpc) is 2.99. The van der Waals surface area contributed by atoms with Crippen LogP contribution in [-0.2, 0) is 27.2 Å². The van der Waals surface area contributed by atoms with E-state index in [2.05, 4.69) is 0 Å². The van der Waals surface area contributed by atoms with E-state index in [-0.39, 0.29) is 10.5 Å². The molecule has 0 unspecified atom stereocenters. The quantitative estimate of drug-likeness (QED) is 0.791. The molecule has 0 spiro atoms. The first-order valence-electron chi connectivity index (χ1n) is 7.32. The highest BCUT2D eigenvalue weighted by Gasteiger charge is 2.42. The molecule has 0 bridgehead atoms. The Morgan fingerprint density at radius 2 is 2.10 bits per heavy atom. The summed E-state index contributed by atoms with van der Waals surface area (Å²) in [6.45, 7) is 4.80. The van der Waals surface area contributed by atoms with Crippen molar-refractivity contribution < 1.29 is 12.6 Å². The number of rotatable bonds is 6. The van der Waals surface area contributed by atoms with E-state index in [1.807, 2.05) is 31.4 Å². The fraction of sp³-hybridized carbons (Fsp3) is 0.714. The second kappa shape index (κ2) is 6.89. The van der Waals surface area contributed by atoms with Crippen LogP contribution in [0.5, 0.6) is 0 Å². The van der Waals surface area contributed by atoms with Crippen molar-refractivity contribution in [2.24, 2.45) is 0 Å². The largest absolute Gasteiger partial charge is 0.259 e. The Kier molecular flexibility index (Phi) is 5.62. The summed E-state index contributed by atoms with van der Waals surface area (Å²) in [5.41, 5.74) is 0. The van der Waals surface area contributed by atoms with Gasteiger partial charge in [-0.15, -0.1) is 11.3 Å². The molecule has 0 N–H and O–H groups in total. The van der Waals surface area contributed by atoms with Gasteiger partial charge in [0.1, 0.15) is 0 Å². The van der Waals surface area contributed by atoms with Gasteiger partial charge in [-0.05, 0) is 30.7 Å². The number of thiophene rings is 1. The zero-order valence-corrected chi connectivity index (χ0v) is 15.0. The summed E-state index contributed by atoms with van der Waals surface area (Å²) < 4.78 is 38.6. The Hall–Kier alpha value is -0.240. The van der Waals surface area contributed by atoms with E-state index in [1.165, 1.54) is 0 Å². The van der Waals surface area contributed by atoms with Crippen molar-refractivity contribution >= 4 is 32.2 Å². The number of hydrogen-bond donors (Lipinski definition) is 0. The molecule has 1 aliphatic rings. The van der Waals surface area contributed by atoms with Crippen LogP contribution >= 0.6 is 11.3 Å². The molecular weight excluding hydrogens is 326 g/mol. The molecule has 2 heterocycles. The molecule has 21 heavy (non-hydrogen) atoms. The number of nitrogens with zero attached hydrogens (tertiary/aromatic N) is 1. The highest BCUT2D eigenvalue weighted by Crippen LogP contribution is 2.30. The van der Waals surface area contributed by atoms with Crippen LogP contribution in [0.25, 0.3) is 0 Å². The normalized spacial score (nSPS) is 23.2. The summed E-state index contributed by atoms with van der Waals surface area (Å²) in [6, 6.07) is 3.91. The molecule has 0 amide bonds. The Labute approximate surface area is 134 Å². The second-order valence-corrected chi connectivity index (χ2v) is 10.5. The van der Waals surface area contributed by atoms with Crippen molar-refractivity contribution in [2.75, 3.05) is 24.6 Å². The summed E-state index contributed by atoms with van der Waals surface area (Å²) in [5.74, 6) is 0.601. The third kappa shape index (κ3) is 3.75. The third-order valence-electron chi connectivity index (χ3n) is 4.34. The van der Waals surface area contributed by atoms with Gasteiger partial charge in [-0.3, -0.25) is 4.21 Å².